The number of rotatable bonds is 4. The summed E-state index contributed by atoms with van der Waals surface area (Å²) < 4.78 is 27.4. The summed E-state index contributed by atoms with van der Waals surface area (Å²) in [7, 11) is 0. The number of nitriles is 1. The third-order valence-corrected chi connectivity index (χ3v) is 6.65. The number of aliphatic hydroxyl groups is 1. The van der Waals surface area contributed by atoms with Crippen LogP contribution in [0.15, 0.2) is 35.6 Å². The Morgan fingerprint density at radius 2 is 1.84 bits per heavy atom. The van der Waals surface area contributed by atoms with Gasteiger partial charge in [-0.1, -0.05) is 0 Å². The van der Waals surface area contributed by atoms with Gasteiger partial charge in [0, 0.05) is 43.9 Å². The van der Waals surface area contributed by atoms with E-state index >= 15 is 0 Å². The Bertz CT molecular complexity index is 1020. The summed E-state index contributed by atoms with van der Waals surface area (Å²) >= 11 is 0. The highest BCUT2D eigenvalue weighted by Gasteiger charge is 2.46. The normalized spacial score (nSPS) is 28.1. The van der Waals surface area contributed by atoms with Crippen LogP contribution in [0.2, 0.25) is 0 Å². The van der Waals surface area contributed by atoms with Gasteiger partial charge in [-0.3, -0.25) is 5.01 Å². The van der Waals surface area contributed by atoms with Crippen LogP contribution in [-0.2, 0) is 0 Å². The topological polar surface area (TPSA) is 88.6 Å². The van der Waals surface area contributed by atoms with Crippen molar-refractivity contribution in [2.24, 2.45) is 22.9 Å². The van der Waals surface area contributed by atoms with Gasteiger partial charge in [-0.25, -0.2) is 18.7 Å². The van der Waals surface area contributed by atoms with E-state index in [0.717, 1.165) is 32.0 Å². The molecule has 1 saturated heterocycles. The van der Waals surface area contributed by atoms with E-state index in [-0.39, 0.29) is 12.0 Å². The van der Waals surface area contributed by atoms with Crippen molar-refractivity contribution in [3.05, 3.63) is 53.4 Å². The zero-order valence-electron chi connectivity index (χ0n) is 16.8. The molecule has 3 aliphatic rings. The van der Waals surface area contributed by atoms with E-state index in [1.54, 1.807) is 23.5 Å². The number of hydrazone groups is 1. The fourth-order valence-corrected chi connectivity index (χ4v) is 5.27. The van der Waals surface area contributed by atoms with Crippen molar-refractivity contribution in [1.29, 1.82) is 5.26 Å². The maximum absolute atomic E-state index is 13.7. The second-order valence-electron chi connectivity index (χ2n) is 8.56. The number of fused-ring (bicyclic) bond motifs is 1. The summed E-state index contributed by atoms with van der Waals surface area (Å²) in [6.45, 7) is 1.56. The van der Waals surface area contributed by atoms with Gasteiger partial charge in [0.05, 0.1) is 6.04 Å². The summed E-state index contributed by atoms with van der Waals surface area (Å²) in [5.41, 5.74) is 0.829. The number of halogens is 2. The minimum absolute atomic E-state index is 0.0275. The largest absolute Gasteiger partial charge is 0.372 e. The maximum atomic E-state index is 13.7. The summed E-state index contributed by atoms with van der Waals surface area (Å²) in [5, 5.41) is 26.1. The standard InChI is InChI=1S/C22H22F2N6O/c23-17-7-13(8-18(24)9-17)20-2-4-27-30(20)21(31)14-5-15-11-29(12-16(15)6-14)22-26-3-1-19(10-25)28-22/h1,3-4,7-9,14-16,20-21,31H,2,5-6,11-12H2/t14-,15-,16+,20-,21?/m1/s1. The van der Waals surface area contributed by atoms with Gasteiger partial charge in [0.15, 0.2) is 0 Å². The van der Waals surface area contributed by atoms with Gasteiger partial charge >= 0.3 is 0 Å². The zero-order valence-corrected chi connectivity index (χ0v) is 16.8. The number of anilines is 1. The highest BCUT2D eigenvalue weighted by Crippen LogP contribution is 2.45. The van der Waals surface area contributed by atoms with Crippen molar-refractivity contribution in [2.75, 3.05) is 18.0 Å². The van der Waals surface area contributed by atoms with Gasteiger partial charge in [-0.2, -0.15) is 10.4 Å². The van der Waals surface area contributed by atoms with E-state index in [9.17, 15) is 13.9 Å². The van der Waals surface area contributed by atoms with Crippen molar-refractivity contribution in [1.82, 2.24) is 15.0 Å². The molecule has 2 aromatic rings. The van der Waals surface area contributed by atoms with Crippen LogP contribution in [-0.4, -0.2) is 45.6 Å². The summed E-state index contributed by atoms with van der Waals surface area (Å²) in [5.74, 6) is 0.128. The minimum Gasteiger partial charge on any atom is -0.372 e. The molecular formula is C22H22F2N6O. The molecule has 2 aliphatic heterocycles. The SMILES string of the molecule is N#Cc1ccnc(N2C[C@H]3C[C@@H](C(O)N4N=CC[C@@H]4c4cc(F)cc(F)c4)C[C@H]3C2)n1. The molecule has 7 nitrogen and oxygen atoms in total. The molecule has 5 rings (SSSR count). The Kier molecular flexibility index (Phi) is 5.02. The average molecular weight is 424 g/mol. The minimum atomic E-state index is -0.813. The molecule has 31 heavy (non-hydrogen) atoms. The first-order valence-electron chi connectivity index (χ1n) is 10.4. The van der Waals surface area contributed by atoms with E-state index in [0.29, 0.717) is 35.5 Å². The lowest BCUT2D eigenvalue weighted by Gasteiger charge is -2.33. The van der Waals surface area contributed by atoms with Crippen molar-refractivity contribution in [3.8, 4) is 6.07 Å². The van der Waals surface area contributed by atoms with Gasteiger partial charge in [0.2, 0.25) is 5.95 Å². The summed E-state index contributed by atoms with van der Waals surface area (Å²) in [4.78, 5) is 10.7. The predicted molar refractivity (Wildman–Crippen MR) is 109 cm³/mol. The van der Waals surface area contributed by atoms with E-state index < -0.39 is 17.9 Å². The summed E-state index contributed by atoms with van der Waals surface area (Å²) in [6, 6.07) is 6.71. The van der Waals surface area contributed by atoms with Crippen LogP contribution < -0.4 is 4.90 Å². The lowest BCUT2D eigenvalue weighted by molar-refractivity contribution is -0.0565. The first-order chi connectivity index (χ1) is 15.0. The molecule has 0 bridgehead atoms. The Morgan fingerprint density at radius 1 is 1.13 bits per heavy atom. The highest BCUT2D eigenvalue weighted by atomic mass is 19.1. The van der Waals surface area contributed by atoms with E-state index in [1.165, 1.54) is 12.1 Å². The fraction of sp³-hybridized carbons (Fsp3) is 0.455. The molecule has 160 valence electrons. The van der Waals surface area contributed by atoms with Gasteiger partial charge in [0.1, 0.15) is 29.6 Å². The van der Waals surface area contributed by atoms with Crippen LogP contribution >= 0.6 is 0 Å². The molecule has 9 heteroatoms. The van der Waals surface area contributed by atoms with E-state index in [4.69, 9.17) is 5.26 Å². The smallest absolute Gasteiger partial charge is 0.226 e. The first-order valence-corrected chi connectivity index (χ1v) is 10.4. The van der Waals surface area contributed by atoms with Crippen molar-refractivity contribution in [2.45, 2.75) is 31.5 Å². The number of nitrogens with zero attached hydrogens (tertiary/aromatic N) is 6. The molecule has 2 fully saturated rings. The zero-order chi connectivity index (χ0) is 21.5. The molecule has 1 aliphatic carbocycles. The first kappa shape index (κ1) is 19.8. The van der Waals surface area contributed by atoms with Crippen LogP contribution in [0.5, 0.6) is 0 Å². The lowest BCUT2D eigenvalue weighted by Crippen LogP contribution is -2.37. The molecule has 3 heterocycles. The average Bonchev–Trinajstić information content (AvgIpc) is 3.47. The quantitative estimate of drug-likeness (QED) is 0.812. The number of benzene rings is 1. The Labute approximate surface area is 178 Å². The van der Waals surface area contributed by atoms with Crippen LogP contribution in [0, 0.1) is 40.7 Å². The van der Waals surface area contributed by atoms with Gasteiger partial charge in [-0.15, -0.1) is 0 Å². The number of hydrogen-bond acceptors (Lipinski definition) is 7. The number of aromatic nitrogens is 2. The number of aliphatic hydroxyl groups excluding tert-OH is 1. The van der Waals surface area contributed by atoms with Crippen molar-refractivity contribution < 1.29 is 13.9 Å². The Hall–Kier alpha value is -3.12. The maximum Gasteiger partial charge on any atom is 0.226 e. The molecule has 1 N–H and O–H groups in total. The molecule has 1 aromatic carbocycles. The fourth-order valence-electron chi connectivity index (χ4n) is 5.27. The van der Waals surface area contributed by atoms with Gasteiger partial charge in [-0.05, 0) is 48.4 Å². The second-order valence-corrected chi connectivity index (χ2v) is 8.56. The Morgan fingerprint density at radius 3 is 2.52 bits per heavy atom. The molecule has 1 aromatic heterocycles. The molecule has 1 saturated carbocycles. The van der Waals surface area contributed by atoms with Crippen molar-refractivity contribution in [3.63, 3.8) is 0 Å². The molecule has 0 spiro atoms. The van der Waals surface area contributed by atoms with Crippen LogP contribution in [0.25, 0.3) is 0 Å². The van der Waals surface area contributed by atoms with Crippen LogP contribution in [0.3, 0.4) is 0 Å². The second kappa shape index (κ2) is 7.85. The number of hydrogen-bond donors (Lipinski definition) is 1. The molecule has 0 amide bonds. The van der Waals surface area contributed by atoms with Crippen LogP contribution in [0.1, 0.15) is 36.6 Å². The lowest BCUT2D eigenvalue weighted by atomic mass is 9.99. The van der Waals surface area contributed by atoms with Gasteiger partial charge < -0.3 is 10.0 Å². The third kappa shape index (κ3) is 3.72. The molecule has 1 unspecified atom stereocenters. The molecule has 0 radical (unpaired) electrons. The summed E-state index contributed by atoms with van der Waals surface area (Å²) in [6.07, 6.45) is 4.63. The highest BCUT2D eigenvalue weighted by molar-refractivity contribution is 5.60. The molecular weight excluding hydrogens is 402 g/mol. The van der Waals surface area contributed by atoms with Crippen LogP contribution in [0.4, 0.5) is 14.7 Å². The monoisotopic (exact) mass is 424 g/mol. The van der Waals surface area contributed by atoms with Crippen molar-refractivity contribution >= 4 is 12.2 Å². The van der Waals surface area contributed by atoms with Gasteiger partial charge in [0.25, 0.3) is 0 Å². The Balaban J connectivity index is 1.26. The van der Waals surface area contributed by atoms with E-state index in [2.05, 4.69) is 20.0 Å². The predicted octanol–water partition coefficient (Wildman–Crippen LogP) is 2.84. The third-order valence-electron chi connectivity index (χ3n) is 6.65. The van der Waals surface area contributed by atoms with E-state index in [1.807, 2.05) is 6.07 Å². The molecule has 5 atom stereocenters.